The molecule has 0 spiro atoms. The first kappa shape index (κ1) is 23.9. The smallest absolute Gasteiger partial charge is 0.255 e. The fourth-order valence-corrected chi connectivity index (χ4v) is 5.92. The number of nitrogens with zero attached hydrogens (tertiary/aromatic N) is 1. The molecule has 1 amide bonds. The van der Waals surface area contributed by atoms with Crippen LogP contribution in [0.5, 0.6) is 5.75 Å². The molecule has 0 aliphatic heterocycles. The van der Waals surface area contributed by atoms with E-state index in [2.05, 4.69) is 0 Å². The summed E-state index contributed by atoms with van der Waals surface area (Å²) in [6.45, 7) is 1.93. The molecular formula is C24H29N3O7. The average molecular weight is 472 g/mol. The fraction of sp³-hybridized carbons (Fsp3) is 0.458. The van der Waals surface area contributed by atoms with Crippen LogP contribution in [0.1, 0.15) is 35.6 Å². The van der Waals surface area contributed by atoms with Gasteiger partial charge in [-0.3, -0.25) is 19.3 Å². The molecular weight excluding hydrogens is 442 g/mol. The Labute approximate surface area is 196 Å². The lowest BCUT2D eigenvalue weighted by Gasteiger charge is -2.50. The van der Waals surface area contributed by atoms with Crippen molar-refractivity contribution >= 4 is 23.2 Å². The van der Waals surface area contributed by atoms with Crippen LogP contribution in [0.3, 0.4) is 0 Å². The van der Waals surface area contributed by atoms with Crippen molar-refractivity contribution in [3.05, 3.63) is 45.2 Å². The fourth-order valence-electron chi connectivity index (χ4n) is 5.92. The van der Waals surface area contributed by atoms with Crippen LogP contribution in [0.25, 0.3) is 5.76 Å². The Kier molecular flexibility index (Phi) is 5.58. The van der Waals surface area contributed by atoms with E-state index in [-0.39, 0.29) is 36.3 Å². The van der Waals surface area contributed by atoms with E-state index in [0.717, 1.165) is 5.56 Å². The number of hydrogen-bond acceptors (Lipinski definition) is 9. The first-order valence-corrected chi connectivity index (χ1v) is 11.1. The number of Topliss-reactive ketones (excluding diaryl/α,β-unsaturated/α-hetero) is 2. The molecule has 8 N–H and O–H groups in total. The van der Waals surface area contributed by atoms with Gasteiger partial charge in [0.2, 0.25) is 5.78 Å². The molecule has 0 bridgehead atoms. The Morgan fingerprint density at radius 3 is 2.38 bits per heavy atom. The van der Waals surface area contributed by atoms with Gasteiger partial charge in [0.25, 0.3) is 5.91 Å². The van der Waals surface area contributed by atoms with Crippen LogP contribution in [-0.4, -0.2) is 68.5 Å². The number of phenols is 1. The summed E-state index contributed by atoms with van der Waals surface area (Å²) in [6.07, 6.45) is 0.932. The zero-order valence-electron chi connectivity index (χ0n) is 19.3. The Balaban J connectivity index is 2.00. The second-order valence-electron chi connectivity index (χ2n) is 9.42. The zero-order valence-corrected chi connectivity index (χ0v) is 19.3. The van der Waals surface area contributed by atoms with Crippen LogP contribution in [-0.2, 0) is 33.8 Å². The lowest BCUT2D eigenvalue weighted by molar-refractivity contribution is -0.153. The van der Waals surface area contributed by atoms with Crippen molar-refractivity contribution in [1.29, 1.82) is 0 Å². The molecule has 1 fully saturated rings. The molecule has 1 aromatic rings. The van der Waals surface area contributed by atoms with E-state index in [1.54, 1.807) is 20.2 Å². The van der Waals surface area contributed by atoms with Gasteiger partial charge in [-0.05, 0) is 50.4 Å². The third kappa shape index (κ3) is 2.95. The number of aryl methyl sites for hydroxylation is 1. The summed E-state index contributed by atoms with van der Waals surface area (Å²) < 4.78 is 0. The monoisotopic (exact) mass is 471 g/mol. The number of ketones is 2. The minimum absolute atomic E-state index is 0.0102. The molecule has 34 heavy (non-hydrogen) atoms. The van der Waals surface area contributed by atoms with E-state index in [0.29, 0.717) is 17.5 Å². The van der Waals surface area contributed by atoms with Crippen molar-refractivity contribution in [2.75, 3.05) is 14.1 Å². The quantitative estimate of drug-likeness (QED) is 0.328. The molecule has 0 radical (unpaired) electrons. The maximum atomic E-state index is 13.8. The van der Waals surface area contributed by atoms with Crippen LogP contribution < -0.4 is 11.5 Å². The van der Waals surface area contributed by atoms with E-state index in [1.165, 1.54) is 4.90 Å². The normalized spacial score (nSPS) is 28.7. The Hall–Kier alpha value is -3.21. The minimum atomic E-state index is -2.64. The summed E-state index contributed by atoms with van der Waals surface area (Å²) in [6, 6.07) is 0.671. The highest BCUT2D eigenvalue weighted by molar-refractivity contribution is 6.24. The number of carbonyl (C=O) groups is 3. The van der Waals surface area contributed by atoms with E-state index >= 15 is 0 Å². The number of primary amides is 1. The van der Waals surface area contributed by atoms with Crippen LogP contribution in [0.4, 0.5) is 0 Å². The van der Waals surface area contributed by atoms with Crippen molar-refractivity contribution in [2.24, 2.45) is 23.3 Å². The highest BCUT2D eigenvalue weighted by Crippen LogP contribution is 2.53. The summed E-state index contributed by atoms with van der Waals surface area (Å²) in [5, 5.41) is 44.4. The lowest BCUT2D eigenvalue weighted by Crippen LogP contribution is -2.65. The maximum Gasteiger partial charge on any atom is 0.255 e. The van der Waals surface area contributed by atoms with Gasteiger partial charge in [0.05, 0.1) is 11.6 Å². The van der Waals surface area contributed by atoms with Gasteiger partial charge in [-0.25, -0.2) is 0 Å². The maximum absolute atomic E-state index is 13.8. The van der Waals surface area contributed by atoms with Gasteiger partial charge < -0.3 is 31.9 Å². The minimum Gasteiger partial charge on any atom is -0.508 e. The molecule has 0 heterocycles. The van der Waals surface area contributed by atoms with Crippen molar-refractivity contribution in [2.45, 2.75) is 44.4 Å². The van der Waals surface area contributed by atoms with Crippen molar-refractivity contribution < 1.29 is 34.8 Å². The Morgan fingerprint density at radius 2 is 1.85 bits per heavy atom. The van der Waals surface area contributed by atoms with Gasteiger partial charge in [0, 0.05) is 23.6 Å². The molecule has 0 unspecified atom stereocenters. The third-order valence-electron chi connectivity index (χ3n) is 7.49. The first-order chi connectivity index (χ1) is 15.9. The Bertz CT molecular complexity index is 1200. The average Bonchev–Trinajstić information content (AvgIpc) is 2.76. The molecule has 1 saturated carbocycles. The molecule has 4 atom stereocenters. The number of hydrogen-bond donors (Lipinski definition) is 6. The van der Waals surface area contributed by atoms with E-state index < -0.39 is 58.0 Å². The van der Waals surface area contributed by atoms with Gasteiger partial charge >= 0.3 is 0 Å². The van der Waals surface area contributed by atoms with Crippen LogP contribution in [0, 0.1) is 11.8 Å². The predicted molar refractivity (Wildman–Crippen MR) is 122 cm³/mol. The summed E-state index contributed by atoms with van der Waals surface area (Å²) >= 11 is 0. The van der Waals surface area contributed by atoms with E-state index in [9.17, 15) is 34.8 Å². The van der Waals surface area contributed by atoms with Crippen LogP contribution >= 0.6 is 0 Å². The number of carbonyl (C=O) groups excluding carboxylic acids is 3. The zero-order chi connectivity index (χ0) is 25.3. The highest BCUT2D eigenvalue weighted by atomic mass is 16.3. The third-order valence-corrected chi connectivity index (χ3v) is 7.49. The summed E-state index contributed by atoms with van der Waals surface area (Å²) in [5.41, 5.74) is 9.44. The number of phenolic OH excluding ortho intramolecular Hbond substituents is 1. The molecule has 0 aromatic heterocycles. The molecule has 10 heteroatoms. The second kappa shape index (κ2) is 7.93. The number of amides is 1. The molecule has 10 nitrogen and oxygen atoms in total. The summed E-state index contributed by atoms with van der Waals surface area (Å²) in [4.78, 5) is 40.3. The second-order valence-corrected chi connectivity index (χ2v) is 9.42. The van der Waals surface area contributed by atoms with Gasteiger partial charge in [-0.15, -0.1) is 0 Å². The van der Waals surface area contributed by atoms with E-state index in [4.69, 9.17) is 11.5 Å². The molecule has 3 aliphatic rings. The van der Waals surface area contributed by atoms with Gasteiger partial charge in [-0.2, -0.15) is 0 Å². The van der Waals surface area contributed by atoms with Gasteiger partial charge in [-0.1, -0.05) is 13.0 Å². The SMILES string of the molecule is CCc1cc(CN)c(O)c2c1C[C@H]1C[C@H]3[C@H](N(C)C)C(=O)C(C(N)=O)=C(O)[C@@]3(O)C(=O)C1=C2O. The number of rotatable bonds is 4. The standard InChI is InChI=1S/C24H29N3O7/c1-4-9-5-11(8-25)18(28)15-12(9)6-10-7-13-17(27(2)3)20(30)16(23(26)33)22(32)24(13,34)21(31)14(10)19(15)29/h5,10,13,17,28-29,32,34H,4,6-8,25H2,1-3H3,(H2,26,33)/t10-,13-,17-,24-/m0/s1. The molecule has 3 aliphatic carbocycles. The first-order valence-electron chi connectivity index (χ1n) is 11.1. The molecule has 182 valence electrons. The molecule has 0 saturated heterocycles. The number of benzene rings is 1. The number of aliphatic hydroxyl groups is 3. The summed E-state index contributed by atoms with van der Waals surface area (Å²) in [7, 11) is 3.13. The summed E-state index contributed by atoms with van der Waals surface area (Å²) in [5.74, 6) is -6.58. The number of fused-ring (bicyclic) bond motifs is 3. The van der Waals surface area contributed by atoms with Crippen molar-refractivity contribution in [3.8, 4) is 5.75 Å². The largest absolute Gasteiger partial charge is 0.508 e. The van der Waals surface area contributed by atoms with Gasteiger partial charge in [0.1, 0.15) is 22.8 Å². The van der Waals surface area contributed by atoms with Gasteiger partial charge in [0.15, 0.2) is 11.4 Å². The highest BCUT2D eigenvalue weighted by Gasteiger charge is 2.64. The molecule has 4 rings (SSSR count). The van der Waals surface area contributed by atoms with Crippen molar-refractivity contribution in [1.82, 2.24) is 4.90 Å². The predicted octanol–water partition coefficient (Wildman–Crippen LogP) is -0.0149. The number of aliphatic hydroxyl groups excluding tert-OH is 2. The Morgan fingerprint density at radius 1 is 1.21 bits per heavy atom. The topological polar surface area (TPSA) is 187 Å². The number of likely N-dealkylation sites (N-methyl/N-ethyl adjacent to an activating group) is 1. The lowest BCUT2D eigenvalue weighted by atomic mass is 9.57. The number of nitrogens with two attached hydrogens (primary N) is 2. The van der Waals surface area contributed by atoms with Crippen LogP contribution in [0.15, 0.2) is 23.0 Å². The molecule has 1 aromatic carbocycles. The number of aromatic hydroxyl groups is 1. The van der Waals surface area contributed by atoms with Crippen LogP contribution in [0.2, 0.25) is 0 Å². The van der Waals surface area contributed by atoms with Crippen molar-refractivity contribution in [3.63, 3.8) is 0 Å². The van der Waals surface area contributed by atoms with E-state index in [1.807, 2.05) is 6.92 Å².